The molecule has 2 N–H and O–H groups in total. The topological polar surface area (TPSA) is 44.5 Å². The Kier molecular flexibility index (Phi) is 4.42. The molecule has 0 aromatic heterocycles. The number of nitrogens with two attached hydrogens (primary N) is 1. The van der Waals surface area contributed by atoms with Crippen LogP contribution in [-0.2, 0) is 6.61 Å². The van der Waals surface area contributed by atoms with Crippen molar-refractivity contribution in [3.8, 4) is 11.5 Å². The molecule has 2 aromatic rings. The molecule has 0 aliphatic heterocycles. The summed E-state index contributed by atoms with van der Waals surface area (Å²) in [6.45, 7) is 2.45. The highest BCUT2D eigenvalue weighted by Crippen LogP contribution is 2.21. The van der Waals surface area contributed by atoms with E-state index in [-0.39, 0.29) is 6.04 Å². The SMILES string of the molecule is COc1ccccc1COc1ccc([C@H](C)N)cc1. The standard InChI is InChI=1S/C16H19NO2/c1-12(17)13-7-9-15(10-8-13)19-11-14-5-3-4-6-16(14)18-2/h3-10,12H,11,17H2,1-2H3/t12-/m0/s1. The first-order valence-corrected chi connectivity index (χ1v) is 6.31. The van der Waals surface area contributed by atoms with Gasteiger partial charge in [-0.1, -0.05) is 30.3 Å². The molecular formula is C16H19NO2. The van der Waals surface area contributed by atoms with Gasteiger partial charge in [-0.25, -0.2) is 0 Å². The van der Waals surface area contributed by atoms with E-state index in [1.165, 1.54) is 0 Å². The van der Waals surface area contributed by atoms with Crippen LogP contribution in [-0.4, -0.2) is 7.11 Å². The van der Waals surface area contributed by atoms with Crippen LogP contribution in [0.3, 0.4) is 0 Å². The van der Waals surface area contributed by atoms with Crippen molar-refractivity contribution >= 4 is 0 Å². The first kappa shape index (κ1) is 13.4. The smallest absolute Gasteiger partial charge is 0.125 e. The minimum atomic E-state index is 0.0447. The van der Waals surface area contributed by atoms with E-state index < -0.39 is 0 Å². The normalized spacial score (nSPS) is 11.9. The highest BCUT2D eigenvalue weighted by Gasteiger charge is 2.03. The monoisotopic (exact) mass is 257 g/mol. The molecule has 0 bridgehead atoms. The summed E-state index contributed by atoms with van der Waals surface area (Å²) in [5.74, 6) is 1.67. The molecule has 0 aliphatic carbocycles. The highest BCUT2D eigenvalue weighted by molar-refractivity contribution is 5.34. The van der Waals surface area contributed by atoms with E-state index in [9.17, 15) is 0 Å². The number of methoxy groups -OCH3 is 1. The Morgan fingerprint density at radius 2 is 1.74 bits per heavy atom. The van der Waals surface area contributed by atoms with E-state index >= 15 is 0 Å². The Labute approximate surface area is 114 Å². The third kappa shape index (κ3) is 3.48. The molecule has 1 atom stereocenters. The Hall–Kier alpha value is -2.00. The van der Waals surface area contributed by atoms with Gasteiger partial charge in [0.1, 0.15) is 18.1 Å². The first-order valence-electron chi connectivity index (χ1n) is 6.31. The summed E-state index contributed by atoms with van der Waals surface area (Å²) >= 11 is 0. The molecule has 0 aliphatic rings. The molecule has 0 amide bonds. The lowest BCUT2D eigenvalue weighted by molar-refractivity contribution is 0.296. The zero-order chi connectivity index (χ0) is 13.7. The van der Waals surface area contributed by atoms with Crippen LogP contribution in [0, 0.1) is 0 Å². The second kappa shape index (κ2) is 6.25. The predicted molar refractivity (Wildman–Crippen MR) is 76.4 cm³/mol. The molecule has 3 nitrogen and oxygen atoms in total. The third-order valence-corrected chi connectivity index (χ3v) is 2.99. The van der Waals surface area contributed by atoms with Gasteiger partial charge in [0.15, 0.2) is 0 Å². The van der Waals surface area contributed by atoms with Crippen LogP contribution in [0.1, 0.15) is 24.1 Å². The molecule has 100 valence electrons. The van der Waals surface area contributed by atoms with Crippen molar-refractivity contribution in [3.63, 3.8) is 0 Å². The summed E-state index contributed by atoms with van der Waals surface area (Å²) < 4.78 is 11.0. The summed E-state index contributed by atoms with van der Waals surface area (Å²) in [7, 11) is 1.66. The summed E-state index contributed by atoms with van der Waals surface area (Å²) in [6, 6.07) is 15.7. The molecule has 2 rings (SSSR count). The molecule has 0 fully saturated rings. The van der Waals surface area contributed by atoms with Crippen molar-refractivity contribution in [3.05, 3.63) is 59.7 Å². The summed E-state index contributed by atoms with van der Waals surface area (Å²) in [5, 5.41) is 0. The fourth-order valence-corrected chi connectivity index (χ4v) is 1.85. The minimum absolute atomic E-state index is 0.0447. The van der Waals surface area contributed by atoms with Crippen molar-refractivity contribution in [2.75, 3.05) is 7.11 Å². The van der Waals surface area contributed by atoms with Crippen LogP contribution < -0.4 is 15.2 Å². The third-order valence-electron chi connectivity index (χ3n) is 2.99. The van der Waals surface area contributed by atoms with Gasteiger partial charge in [-0.3, -0.25) is 0 Å². The fourth-order valence-electron chi connectivity index (χ4n) is 1.85. The highest BCUT2D eigenvalue weighted by atomic mass is 16.5. The Balaban J connectivity index is 2.02. The van der Waals surface area contributed by atoms with E-state index in [1.807, 2.05) is 55.5 Å². The Morgan fingerprint density at radius 1 is 1.05 bits per heavy atom. The number of ether oxygens (including phenoxy) is 2. The van der Waals surface area contributed by atoms with Crippen molar-refractivity contribution < 1.29 is 9.47 Å². The number of hydrogen-bond donors (Lipinski definition) is 1. The quantitative estimate of drug-likeness (QED) is 0.893. The maximum absolute atomic E-state index is 5.81. The maximum atomic E-state index is 5.81. The molecule has 0 saturated carbocycles. The molecule has 0 heterocycles. The van der Waals surface area contributed by atoms with Crippen LogP contribution in [0.15, 0.2) is 48.5 Å². The predicted octanol–water partition coefficient (Wildman–Crippen LogP) is 3.29. The van der Waals surface area contributed by atoms with Gasteiger partial charge in [0.2, 0.25) is 0 Å². The first-order chi connectivity index (χ1) is 9.20. The molecule has 19 heavy (non-hydrogen) atoms. The molecular weight excluding hydrogens is 238 g/mol. The van der Waals surface area contributed by atoms with Gasteiger partial charge in [-0.15, -0.1) is 0 Å². The van der Waals surface area contributed by atoms with Gasteiger partial charge in [-0.2, -0.15) is 0 Å². The van der Waals surface area contributed by atoms with E-state index in [0.717, 1.165) is 22.6 Å². The summed E-state index contributed by atoms with van der Waals surface area (Å²) in [4.78, 5) is 0. The van der Waals surface area contributed by atoms with Crippen molar-refractivity contribution in [2.45, 2.75) is 19.6 Å². The lowest BCUT2D eigenvalue weighted by Crippen LogP contribution is -2.04. The largest absolute Gasteiger partial charge is 0.496 e. The van der Waals surface area contributed by atoms with E-state index in [1.54, 1.807) is 7.11 Å². The summed E-state index contributed by atoms with van der Waals surface area (Å²) in [6.07, 6.45) is 0. The van der Waals surface area contributed by atoms with Crippen molar-refractivity contribution in [2.24, 2.45) is 5.73 Å². The number of benzene rings is 2. The lowest BCUT2D eigenvalue weighted by atomic mass is 10.1. The van der Waals surface area contributed by atoms with E-state index in [0.29, 0.717) is 6.61 Å². The second-order valence-corrected chi connectivity index (χ2v) is 4.46. The molecule has 0 saturated heterocycles. The average Bonchev–Trinajstić information content (AvgIpc) is 2.45. The molecule has 0 spiro atoms. The Bertz CT molecular complexity index is 521. The molecule has 3 heteroatoms. The lowest BCUT2D eigenvalue weighted by Gasteiger charge is -2.11. The maximum Gasteiger partial charge on any atom is 0.125 e. The number of hydrogen-bond acceptors (Lipinski definition) is 3. The van der Waals surface area contributed by atoms with Gasteiger partial charge in [0.25, 0.3) is 0 Å². The zero-order valence-corrected chi connectivity index (χ0v) is 11.3. The van der Waals surface area contributed by atoms with Crippen LogP contribution in [0.25, 0.3) is 0 Å². The van der Waals surface area contributed by atoms with Gasteiger partial charge in [-0.05, 0) is 30.7 Å². The van der Waals surface area contributed by atoms with E-state index in [4.69, 9.17) is 15.2 Å². The molecule has 0 unspecified atom stereocenters. The molecule has 2 aromatic carbocycles. The van der Waals surface area contributed by atoms with Gasteiger partial charge in [0, 0.05) is 11.6 Å². The van der Waals surface area contributed by atoms with Crippen LogP contribution in [0.4, 0.5) is 0 Å². The van der Waals surface area contributed by atoms with Crippen molar-refractivity contribution in [1.29, 1.82) is 0 Å². The Morgan fingerprint density at radius 3 is 2.37 bits per heavy atom. The number of para-hydroxylation sites is 1. The zero-order valence-electron chi connectivity index (χ0n) is 11.3. The van der Waals surface area contributed by atoms with Crippen molar-refractivity contribution in [1.82, 2.24) is 0 Å². The summed E-state index contributed by atoms with van der Waals surface area (Å²) in [5.41, 5.74) is 7.94. The second-order valence-electron chi connectivity index (χ2n) is 4.46. The average molecular weight is 257 g/mol. The van der Waals surface area contributed by atoms with E-state index in [2.05, 4.69) is 0 Å². The minimum Gasteiger partial charge on any atom is -0.496 e. The van der Waals surface area contributed by atoms with Gasteiger partial charge in [0.05, 0.1) is 7.11 Å². The van der Waals surface area contributed by atoms with Crippen LogP contribution in [0.2, 0.25) is 0 Å². The fraction of sp³-hybridized carbons (Fsp3) is 0.250. The van der Waals surface area contributed by atoms with Gasteiger partial charge < -0.3 is 15.2 Å². The number of rotatable bonds is 5. The van der Waals surface area contributed by atoms with Crippen LogP contribution >= 0.6 is 0 Å². The molecule has 0 radical (unpaired) electrons. The van der Waals surface area contributed by atoms with Crippen LogP contribution in [0.5, 0.6) is 11.5 Å². The van der Waals surface area contributed by atoms with Gasteiger partial charge >= 0.3 is 0 Å².